The number of Topliss-reactive ketones (excluding diaryl/α,β-unsaturated/α-hetero) is 3. The van der Waals surface area contributed by atoms with E-state index in [2.05, 4.69) is 51.1 Å². The van der Waals surface area contributed by atoms with E-state index in [1.807, 2.05) is 16.7 Å². The number of aliphatic hydroxyl groups is 1. The van der Waals surface area contributed by atoms with E-state index >= 15 is 0 Å². The second kappa shape index (κ2) is 79.8. The molecule has 0 aliphatic heterocycles. The van der Waals surface area contributed by atoms with Gasteiger partial charge in [-0.1, -0.05) is 180 Å². The average Bonchev–Trinajstić information content (AvgIpc) is 0.662. The van der Waals surface area contributed by atoms with E-state index in [-0.39, 0.29) is 137 Å². The average molecular weight is 1780 g/mol. The van der Waals surface area contributed by atoms with Gasteiger partial charge >= 0.3 is 124 Å². The molecule has 0 spiro atoms. The number of hydrogen-bond acceptors (Lipinski definition) is 27. The fraction of sp³-hybridized carbons (Fsp3) is 0.709. The number of nitrogens with one attached hydrogen (secondary N) is 9. The zero-order chi connectivity index (χ0) is 89.1. The Kier molecular flexibility index (Phi) is 80.9. The van der Waals surface area contributed by atoms with Crippen molar-refractivity contribution in [2.75, 3.05) is 111 Å². The van der Waals surface area contributed by atoms with Crippen LogP contribution < -0.4 is 187 Å². The number of carbonyl (C=O) groups is 21. The second-order valence-electron chi connectivity index (χ2n) is 28.8. The molecule has 0 aliphatic rings. The van der Waals surface area contributed by atoms with Gasteiger partial charge in [0.15, 0.2) is 11.6 Å². The molecule has 0 aromatic heterocycles. The molecular formula is C79H125N13Na4O27. The Morgan fingerprint density at radius 2 is 0.610 bits per heavy atom. The fourth-order valence-electron chi connectivity index (χ4n) is 11.5. The molecule has 44 heteroatoms. The van der Waals surface area contributed by atoms with Crippen molar-refractivity contribution in [1.82, 2.24) is 67.5 Å². The quantitative estimate of drug-likeness (QED) is 0.00889. The number of hydrogen-bond donors (Lipinski definition) is 10. The maximum absolute atomic E-state index is 13.1. The number of unbranched alkanes of at least 4 members (excludes halogenated alkanes) is 25. The molecule has 0 aromatic carbocycles. The van der Waals surface area contributed by atoms with Gasteiger partial charge in [0, 0.05) is 25.7 Å². The van der Waals surface area contributed by atoms with Gasteiger partial charge in [0.2, 0.25) is 76.8 Å². The number of carbonyl (C=O) groups excluding carboxylic acids is 21. The maximum atomic E-state index is 13.1. The summed E-state index contributed by atoms with van der Waals surface area (Å²) in [7, 11) is 0. The number of ether oxygens (including phenoxy) is 1. The van der Waals surface area contributed by atoms with Crippen molar-refractivity contribution in [3.05, 3.63) is 12.2 Å². The molecule has 40 nitrogen and oxygen atoms in total. The zero-order valence-electron chi connectivity index (χ0n) is 73.2. The molecule has 123 heavy (non-hydrogen) atoms. The van der Waals surface area contributed by atoms with Gasteiger partial charge in [-0.25, -0.2) is 0 Å². The van der Waals surface area contributed by atoms with Crippen molar-refractivity contribution in [1.29, 1.82) is 0 Å². The van der Waals surface area contributed by atoms with Gasteiger partial charge in [-0.2, -0.15) is 0 Å². The first-order valence-corrected chi connectivity index (χ1v) is 41.0. The number of ketones is 3. The minimum Gasteiger partial charge on any atom is -0.548 e. The predicted molar refractivity (Wildman–Crippen MR) is 417 cm³/mol. The number of aliphatic hydroxyl groups excluding tert-OH is 1. The van der Waals surface area contributed by atoms with Crippen LogP contribution in [0.15, 0.2) is 12.2 Å². The normalized spacial score (nSPS) is 10.9. The third-order valence-electron chi connectivity index (χ3n) is 18.0. The van der Waals surface area contributed by atoms with Gasteiger partial charge in [-0.05, 0) is 32.6 Å². The van der Waals surface area contributed by atoms with Crippen molar-refractivity contribution >= 4 is 124 Å². The van der Waals surface area contributed by atoms with Crippen LogP contribution in [0.5, 0.6) is 0 Å². The molecule has 0 heterocycles. The Balaban J connectivity index is -0.0000116. The standard InChI is InChI=1S/C79H129N13O27.4Na/c1-4-6-8-10-12-14-16-18-19-21-23-25-27-29-31-36-63(98)88-60(61(96)35-30-28-26-24-22-20-17-15-13-11-9-7-5-2)56-119-79(118)38-37-62(97)80-40-65(100)86-46-73(108)91(54-77(114)115)50-69(104)82-42-67(102)84-44-71(106)89(52-75(110)111)48-58(94)33-32-34-59(95)49-90(53-76(112)113)72(107)45-85-68(103)43-83-70(105)51-92(55-78(116)117)74(109)47-87-66(101)41-81-64(99)39-57(3)93;;;;/h30,35,60-61,96H,4-29,31-34,36-56H2,1-3H3,(H,80,97)(H,81,99)(H,82,104)(H,83,105)(H,84,102)(H,85,103)(H,86,100)(H,87,101)(H,88,98)(H,110,111)(H,112,113)(H,114,115)(H,116,117);;;;/q;4*+1/p-4/b35-30+;;;;/t60-,61-;;;;/m1..../s1. The molecule has 10 N–H and O–H groups in total. The van der Waals surface area contributed by atoms with E-state index < -0.39 is 274 Å². The van der Waals surface area contributed by atoms with Gasteiger partial charge in [-0.15, -0.1) is 0 Å². The molecule has 672 valence electrons. The number of aliphatic carboxylic acids is 4. The maximum Gasteiger partial charge on any atom is 1.00 e. The summed E-state index contributed by atoms with van der Waals surface area (Å²) in [4.78, 5) is 261. The molecule has 0 aromatic rings. The van der Waals surface area contributed by atoms with Crippen LogP contribution in [0.4, 0.5) is 0 Å². The van der Waals surface area contributed by atoms with Crippen molar-refractivity contribution in [3.8, 4) is 0 Å². The Hall–Kier alpha value is -6.83. The molecule has 0 bridgehead atoms. The van der Waals surface area contributed by atoms with Gasteiger partial charge in [-0.3, -0.25) is 81.5 Å². The Bertz CT molecular complexity index is 3320. The fourth-order valence-corrected chi connectivity index (χ4v) is 11.5. The first-order valence-electron chi connectivity index (χ1n) is 41.0. The number of nitrogens with zero attached hydrogens (tertiary/aromatic N) is 4. The molecule has 0 saturated carbocycles. The van der Waals surface area contributed by atoms with Crippen LogP contribution in [0, 0.1) is 0 Å². The molecular weight excluding hydrogens is 1650 g/mol. The van der Waals surface area contributed by atoms with Crippen LogP contribution in [-0.2, 0) is 105 Å². The van der Waals surface area contributed by atoms with Crippen LogP contribution in [0.1, 0.15) is 239 Å². The smallest absolute Gasteiger partial charge is 0.548 e. The number of esters is 1. The first kappa shape index (κ1) is 125. The van der Waals surface area contributed by atoms with Crippen LogP contribution in [-0.4, -0.2) is 272 Å². The van der Waals surface area contributed by atoms with E-state index in [0.717, 1.165) is 51.9 Å². The van der Waals surface area contributed by atoms with Gasteiger partial charge in [0.05, 0.1) is 154 Å². The van der Waals surface area contributed by atoms with E-state index in [4.69, 9.17) is 4.74 Å². The summed E-state index contributed by atoms with van der Waals surface area (Å²) < 4.78 is 5.40. The van der Waals surface area contributed by atoms with Gasteiger partial charge < -0.3 is 117 Å². The summed E-state index contributed by atoms with van der Waals surface area (Å²) in [5.74, 6) is -23.3. The first-order chi connectivity index (χ1) is 56.6. The van der Waals surface area contributed by atoms with E-state index in [0.29, 0.717) is 32.4 Å². The summed E-state index contributed by atoms with van der Waals surface area (Å²) in [6.07, 6.45) is 30.9. The van der Waals surface area contributed by atoms with Crippen molar-refractivity contribution < 1.29 is 249 Å². The van der Waals surface area contributed by atoms with Gasteiger partial charge in [0.1, 0.15) is 12.4 Å². The summed E-state index contributed by atoms with van der Waals surface area (Å²) in [5.41, 5.74) is 0. The van der Waals surface area contributed by atoms with Crippen LogP contribution in [0.2, 0.25) is 0 Å². The summed E-state index contributed by atoms with van der Waals surface area (Å²) in [6, 6.07) is -0.986. The molecule has 2 atom stereocenters. The predicted octanol–water partition coefficient (Wildman–Crippen LogP) is -16.8. The van der Waals surface area contributed by atoms with E-state index in [1.165, 1.54) is 116 Å². The van der Waals surface area contributed by atoms with Crippen LogP contribution in [0.25, 0.3) is 0 Å². The summed E-state index contributed by atoms with van der Waals surface area (Å²) >= 11 is 0. The number of allylic oxidation sites excluding steroid dienone is 1. The topological polar surface area (TPSA) is 601 Å². The summed E-state index contributed by atoms with van der Waals surface area (Å²) in [6.45, 7) is -10.3. The van der Waals surface area contributed by atoms with Crippen molar-refractivity contribution in [2.45, 2.75) is 251 Å². The summed E-state index contributed by atoms with van der Waals surface area (Å²) in [5, 5.41) is 76.5. The Morgan fingerprint density at radius 1 is 0.317 bits per heavy atom. The molecule has 0 radical (unpaired) electrons. The minimum absolute atomic E-state index is 0. The number of amides is 13. The number of rotatable bonds is 74. The zero-order valence-corrected chi connectivity index (χ0v) is 81.2. The number of carboxylic acid groups (broad SMARTS) is 4. The Labute approximate surface area is 808 Å². The molecule has 0 rings (SSSR count). The third kappa shape index (κ3) is 74.0. The molecule has 0 fully saturated rings. The Morgan fingerprint density at radius 3 is 0.935 bits per heavy atom. The van der Waals surface area contributed by atoms with E-state index in [1.54, 1.807) is 6.08 Å². The van der Waals surface area contributed by atoms with E-state index in [9.17, 15) is 126 Å². The van der Waals surface area contributed by atoms with Crippen LogP contribution in [0.3, 0.4) is 0 Å². The van der Waals surface area contributed by atoms with Crippen LogP contribution >= 0.6 is 0 Å². The molecule has 0 aliphatic carbocycles. The molecule has 0 unspecified atom stereocenters. The molecule has 0 saturated heterocycles. The second-order valence-corrected chi connectivity index (χ2v) is 28.8. The SMILES string of the molecule is CCCCCCCCCCCCC/C=C/[C@@H](O)[C@@H](COC(=O)CCC(=O)NCC(=O)NCC(=O)N(CC(=O)[O-])CC(=O)NCC(=O)NCC(=O)N(CC(=O)[O-])CC(=O)CCCC(=O)CN(CC(=O)[O-])C(=O)CNC(=O)CNC(=O)CN(CC(=O)[O-])C(=O)CNC(=O)CNC(=O)CC(C)=O)NC(=O)CCCCCCCCCCCCCCCCC.[Na+].[Na+].[Na+].[Na+]. The largest absolute Gasteiger partial charge is 1.00 e. The monoisotopic (exact) mass is 1780 g/mol. The molecule has 13 amide bonds. The number of carboxylic acids is 4. The minimum atomic E-state index is -1.86. The third-order valence-corrected chi connectivity index (χ3v) is 18.0. The van der Waals surface area contributed by atoms with Crippen molar-refractivity contribution in [3.63, 3.8) is 0 Å². The van der Waals surface area contributed by atoms with Gasteiger partial charge in [0.25, 0.3) is 0 Å². The van der Waals surface area contributed by atoms with Crippen molar-refractivity contribution in [2.24, 2.45) is 0 Å².